The summed E-state index contributed by atoms with van der Waals surface area (Å²) in [5, 5.41) is 3.40. The summed E-state index contributed by atoms with van der Waals surface area (Å²) in [6.07, 6.45) is 1.82. The van der Waals surface area contributed by atoms with Crippen LogP contribution in [0.4, 0.5) is 11.4 Å². The average Bonchev–Trinajstić information content (AvgIpc) is 3.18. The van der Waals surface area contributed by atoms with Crippen LogP contribution in [0.15, 0.2) is 93.2 Å². The highest BCUT2D eigenvalue weighted by atomic mass is 79.9. The minimum absolute atomic E-state index is 0.117. The van der Waals surface area contributed by atoms with Gasteiger partial charge in [-0.3, -0.25) is 14.5 Å². The van der Waals surface area contributed by atoms with E-state index in [-0.39, 0.29) is 18.4 Å². The zero-order valence-corrected chi connectivity index (χ0v) is 22.6. The van der Waals surface area contributed by atoms with Crippen molar-refractivity contribution in [2.24, 2.45) is 4.99 Å². The minimum Gasteiger partial charge on any atom is -0.483 e. The second-order valence-corrected chi connectivity index (χ2v) is 9.75. The van der Waals surface area contributed by atoms with Crippen LogP contribution in [0.2, 0.25) is 0 Å². The summed E-state index contributed by atoms with van der Waals surface area (Å²) in [6.45, 7) is 3.23. The van der Waals surface area contributed by atoms with Gasteiger partial charge in [-0.05, 0) is 82.7 Å². The average molecular weight is 581 g/mol. The molecule has 0 saturated carbocycles. The maximum atomic E-state index is 13.2. The third-order valence-electron chi connectivity index (χ3n) is 5.20. The van der Waals surface area contributed by atoms with Gasteiger partial charge in [-0.1, -0.05) is 42.5 Å². The number of anilines is 1. The number of thioether (sulfide) groups is 1. The molecule has 0 aliphatic carbocycles. The zero-order valence-electron chi connectivity index (χ0n) is 20.2. The van der Waals surface area contributed by atoms with E-state index >= 15 is 0 Å². The lowest BCUT2D eigenvalue weighted by Crippen LogP contribution is -2.32. The third-order valence-corrected chi connectivity index (χ3v) is 6.83. The van der Waals surface area contributed by atoms with Gasteiger partial charge in [0.15, 0.2) is 11.8 Å². The molecule has 190 valence electrons. The van der Waals surface area contributed by atoms with Crippen molar-refractivity contribution < 1.29 is 19.1 Å². The second-order valence-electron chi connectivity index (χ2n) is 7.89. The highest BCUT2D eigenvalue weighted by Gasteiger charge is 2.33. The Morgan fingerprint density at radius 2 is 1.81 bits per heavy atom. The molecule has 3 aromatic rings. The molecule has 1 heterocycles. The Kier molecular flexibility index (Phi) is 9.53. The zero-order chi connectivity index (χ0) is 26.0. The molecule has 1 fully saturated rings. The highest BCUT2D eigenvalue weighted by Crippen LogP contribution is 2.35. The van der Waals surface area contributed by atoms with Crippen molar-refractivity contribution in [2.45, 2.75) is 6.92 Å². The number of nitrogens with zero attached hydrogens (tertiary/aromatic N) is 2. The van der Waals surface area contributed by atoms with Crippen LogP contribution in [0.5, 0.6) is 5.75 Å². The molecule has 37 heavy (non-hydrogen) atoms. The number of halogens is 1. The molecule has 1 saturated heterocycles. The summed E-state index contributed by atoms with van der Waals surface area (Å²) in [4.78, 5) is 32.3. The topological polar surface area (TPSA) is 80.2 Å². The Labute approximate surface area is 228 Å². The Bertz CT molecular complexity index is 1300. The molecule has 3 aromatic carbocycles. The number of amides is 2. The summed E-state index contributed by atoms with van der Waals surface area (Å²) in [6, 6.07) is 24.2. The number of hydrogen-bond acceptors (Lipinski definition) is 6. The molecular formula is C28H26BrN3O4S. The lowest BCUT2D eigenvalue weighted by molar-refractivity contribution is -0.122. The monoisotopic (exact) mass is 579 g/mol. The van der Waals surface area contributed by atoms with Crippen molar-refractivity contribution in [3.63, 3.8) is 0 Å². The first-order chi connectivity index (χ1) is 18.0. The van der Waals surface area contributed by atoms with Gasteiger partial charge < -0.3 is 14.8 Å². The van der Waals surface area contributed by atoms with Crippen LogP contribution >= 0.6 is 27.7 Å². The molecule has 1 aliphatic heterocycles. The predicted molar refractivity (Wildman–Crippen MR) is 152 cm³/mol. The van der Waals surface area contributed by atoms with E-state index in [1.165, 1.54) is 11.8 Å². The predicted octanol–water partition coefficient (Wildman–Crippen LogP) is 6.11. The van der Waals surface area contributed by atoms with Gasteiger partial charge in [-0.15, -0.1) is 0 Å². The number of nitrogens with one attached hydrogen (secondary N) is 1. The summed E-state index contributed by atoms with van der Waals surface area (Å²) < 4.78 is 11.8. The van der Waals surface area contributed by atoms with Crippen LogP contribution in [0.1, 0.15) is 12.5 Å². The fraction of sp³-hybridized carbons (Fsp3) is 0.179. The molecule has 0 atom stereocenters. The van der Waals surface area contributed by atoms with Crippen molar-refractivity contribution in [2.75, 3.05) is 31.7 Å². The fourth-order valence-corrected chi connectivity index (χ4v) is 4.97. The van der Waals surface area contributed by atoms with Crippen LogP contribution in [0, 0.1) is 0 Å². The second kappa shape index (κ2) is 13.2. The minimum atomic E-state index is -0.255. The molecule has 0 unspecified atom stereocenters. The third kappa shape index (κ3) is 7.55. The van der Waals surface area contributed by atoms with E-state index < -0.39 is 0 Å². The van der Waals surface area contributed by atoms with Crippen molar-refractivity contribution in [3.8, 4) is 5.75 Å². The number of ether oxygens (including phenoxy) is 2. The van der Waals surface area contributed by atoms with Gasteiger partial charge in [0.05, 0.1) is 28.2 Å². The maximum Gasteiger partial charge on any atom is 0.266 e. The van der Waals surface area contributed by atoms with Gasteiger partial charge >= 0.3 is 0 Å². The van der Waals surface area contributed by atoms with E-state index in [0.29, 0.717) is 45.7 Å². The van der Waals surface area contributed by atoms with Crippen molar-refractivity contribution >= 4 is 62.1 Å². The molecule has 1 aliphatic rings. The highest BCUT2D eigenvalue weighted by molar-refractivity contribution is 9.10. The van der Waals surface area contributed by atoms with E-state index in [4.69, 9.17) is 9.47 Å². The van der Waals surface area contributed by atoms with Crippen LogP contribution in [-0.2, 0) is 14.3 Å². The van der Waals surface area contributed by atoms with Gasteiger partial charge in [0, 0.05) is 12.3 Å². The first-order valence-electron chi connectivity index (χ1n) is 11.7. The first-order valence-corrected chi connectivity index (χ1v) is 13.3. The first kappa shape index (κ1) is 26.7. The Balaban J connectivity index is 1.45. The molecule has 0 aromatic heterocycles. The van der Waals surface area contributed by atoms with Crippen molar-refractivity contribution in [3.05, 3.63) is 93.8 Å². The Morgan fingerprint density at radius 1 is 1.08 bits per heavy atom. The van der Waals surface area contributed by atoms with Crippen LogP contribution in [0.3, 0.4) is 0 Å². The largest absolute Gasteiger partial charge is 0.483 e. The lowest BCUT2D eigenvalue weighted by Gasteiger charge is -2.15. The van der Waals surface area contributed by atoms with E-state index in [1.54, 1.807) is 11.0 Å². The molecule has 9 heteroatoms. The van der Waals surface area contributed by atoms with Crippen molar-refractivity contribution in [1.82, 2.24) is 4.90 Å². The molecular weight excluding hydrogens is 554 g/mol. The molecule has 0 spiro atoms. The molecule has 0 radical (unpaired) electrons. The summed E-state index contributed by atoms with van der Waals surface area (Å²) in [5.41, 5.74) is 2.30. The number of para-hydroxylation sites is 2. The van der Waals surface area contributed by atoms with E-state index in [9.17, 15) is 9.59 Å². The summed E-state index contributed by atoms with van der Waals surface area (Å²) in [5.74, 6) is 0.156. The van der Waals surface area contributed by atoms with E-state index in [0.717, 1.165) is 11.3 Å². The van der Waals surface area contributed by atoms with Crippen LogP contribution < -0.4 is 10.1 Å². The number of rotatable bonds is 10. The van der Waals surface area contributed by atoms with Gasteiger partial charge in [-0.25, -0.2) is 4.99 Å². The van der Waals surface area contributed by atoms with Gasteiger partial charge in [0.25, 0.3) is 11.8 Å². The normalized spacial score (nSPS) is 15.4. The van der Waals surface area contributed by atoms with E-state index in [2.05, 4.69) is 26.2 Å². The molecule has 0 bridgehead atoms. The number of hydrogen-bond donors (Lipinski definition) is 1. The Morgan fingerprint density at radius 3 is 2.51 bits per heavy atom. The van der Waals surface area contributed by atoms with Gasteiger partial charge in [-0.2, -0.15) is 0 Å². The SMILES string of the molecule is CCOCCN1C(=O)/C(=C/c2ccc(OCC(=O)Nc3ccccc3)c(Br)c2)SC1=Nc1ccccc1. The molecule has 4 rings (SSSR count). The Hall–Kier alpha value is -3.40. The molecule has 7 nitrogen and oxygen atoms in total. The lowest BCUT2D eigenvalue weighted by atomic mass is 10.2. The number of aliphatic imine (C=N–C) groups is 1. The number of carbonyl (C=O) groups excluding carboxylic acids is 2. The molecule has 2 amide bonds. The van der Waals surface area contributed by atoms with Gasteiger partial charge in [0.2, 0.25) is 0 Å². The smallest absolute Gasteiger partial charge is 0.266 e. The van der Waals surface area contributed by atoms with Gasteiger partial charge in [0.1, 0.15) is 5.75 Å². The molecule has 1 N–H and O–H groups in total. The van der Waals surface area contributed by atoms with Crippen LogP contribution in [-0.4, -0.2) is 48.2 Å². The van der Waals surface area contributed by atoms with E-state index in [1.807, 2.05) is 85.8 Å². The number of carbonyl (C=O) groups is 2. The fourth-order valence-electron chi connectivity index (χ4n) is 3.44. The number of amidine groups is 1. The maximum absolute atomic E-state index is 13.2. The van der Waals surface area contributed by atoms with Crippen molar-refractivity contribution in [1.29, 1.82) is 0 Å². The quantitative estimate of drug-likeness (QED) is 0.231. The number of benzene rings is 3. The summed E-state index contributed by atoms with van der Waals surface area (Å²) in [7, 11) is 0. The van der Waals surface area contributed by atoms with Crippen LogP contribution in [0.25, 0.3) is 6.08 Å². The standard InChI is InChI=1S/C28H26BrN3O4S/c1-2-35-16-15-32-27(34)25(37-28(32)31-22-11-7-4-8-12-22)18-20-13-14-24(23(29)17-20)36-19-26(33)30-21-9-5-3-6-10-21/h3-14,17-18H,2,15-16,19H2,1H3,(H,30,33)/b25-18-,31-28?. The summed E-state index contributed by atoms with van der Waals surface area (Å²) >= 11 is 4.84.